The van der Waals surface area contributed by atoms with Crippen LogP contribution in [0.1, 0.15) is 31.3 Å². The summed E-state index contributed by atoms with van der Waals surface area (Å²) < 4.78 is 2.26. The Morgan fingerprint density at radius 2 is 1.75 bits per heavy atom. The summed E-state index contributed by atoms with van der Waals surface area (Å²) in [4.78, 5) is 32.0. The zero-order chi connectivity index (χ0) is 20.3. The molecule has 2 amide bonds. The number of hydrogen-bond donors (Lipinski definition) is 2. The van der Waals surface area contributed by atoms with Crippen LogP contribution in [0.4, 0.5) is 0 Å². The number of rotatable bonds is 4. The molecule has 1 saturated heterocycles. The third-order valence-corrected chi connectivity index (χ3v) is 4.85. The van der Waals surface area contributed by atoms with E-state index in [1.807, 2.05) is 56.0 Å². The van der Waals surface area contributed by atoms with Crippen molar-refractivity contribution in [1.29, 1.82) is 0 Å². The lowest BCUT2D eigenvalue weighted by Gasteiger charge is -2.35. The Bertz CT molecular complexity index is 889. The minimum Gasteiger partial charge on any atom is -0.350 e. The van der Waals surface area contributed by atoms with Gasteiger partial charge in [0.15, 0.2) is 4.77 Å². The van der Waals surface area contributed by atoms with E-state index in [1.165, 1.54) is 0 Å². The number of imidazole rings is 1. The van der Waals surface area contributed by atoms with Crippen LogP contribution >= 0.6 is 12.2 Å². The topological polar surface area (TPSA) is 73.4 Å². The second-order valence-corrected chi connectivity index (χ2v) is 8.40. The minimum atomic E-state index is -0.240. The molecule has 2 aromatic rings. The molecule has 1 aliphatic rings. The van der Waals surface area contributed by atoms with Gasteiger partial charge in [0.2, 0.25) is 5.91 Å². The summed E-state index contributed by atoms with van der Waals surface area (Å²) in [6, 6.07) is 9.61. The zero-order valence-corrected chi connectivity index (χ0v) is 17.4. The molecule has 1 aromatic carbocycles. The van der Waals surface area contributed by atoms with Crippen molar-refractivity contribution in [3.63, 3.8) is 0 Å². The Hall–Kier alpha value is -2.45. The first-order valence-corrected chi connectivity index (χ1v) is 9.84. The number of piperazine rings is 1. The molecule has 1 aliphatic heterocycles. The number of para-hydroxylation sites is 1. The molecule has 0 atom stereocenters. The fourth-order valence-electron chi connectivity index (χ4n) is 3.29. The van der Waals surface area contributed by atoms with E-state index in [1.54, 1.807) is 10.8 Å². The highest BCUT2D eigenvalue weighted by Crippen LogP contribution is 2.15. The van der Waals surface area contributed by atoms with Crippen LogP contribution in [0.2, 0.25) is 0 Å². The number of amides is 2. The fraction of sp³-hybridized carbons (Fsp3) is 0.450. The van der Waals surface area contributed by atoms with E-state index in [0.29, 0.717) is 43.2 Å². The van der Waals surface area contributed by atoms with Crippen LogP contribution in [0.25, 0.3) is 5.69 Å². The van der Waals surface area contributed by atoms with Crippen molar-refractivity contribution < 1.29 is 9.59 Å². The summed E-state index contributed by atoms with van der Waals surface area (Å²) in [7, 11) is 0. The maximum absolute atomic E-state index is 13.1. The third kappa shape index (κ3) is 4.88. The van der Waals surface area contributed by atoms with Crippen molar-refractivity contribution in [2.24, 2.45) is 0 Å². The van der Waals surface area contributed by atoms with E-state index in [2.05, 4.69) is 15.2 Å². The molecule has 1 aromatic heterocycles. The first-order chi connectivity index (χ1) is 13.2. The van der Waals surface area contributed by atoms with E-state index >= 15 is 0 Å². The van der Waals surface area contributed by atoms with Crippen LogP contribution in [-0.4, -0.2) is 69.4 Å². The average molecular weight is 402 g/mol. The van der Waals surface area contributed by atoms with Crippen LogP contribution < -0.4 is 5.32 Å². The number of H-pyrrole nitrogens is 1. The SMILES string of the molecule is CC(C)(C)NC(=O)CN1CCN(C(=O)c2c[nH]c(=S)n2-c2ccccc2)CC1. The molecule has 0 bridgehead atoms. The summed E-state index contributed by atoms with van der Waals surface area (Å²) in [5.41, 5.74) is 1.14. The monoisotopic (exact) mass is 401 g/mol. The van der Waals surface area contributed by atoms with Gasteiger partial charge in [-0.05, 0) is 45.1 Å². The molecule has 3 rings (SSSR count). The lowest BCUT2D eigenvalue weighted by molar-refractivity contribution is -0.124. The van der Waals surface area contributed by atoms with Crippen LogP contribution in [0.3, 0.4) is 0 Å². The second-order valence-electron chi connectivity index (χ2n) is 8.02. The Morgan fingerprint density at radius 3 is 2.36 bits per heavy atom. The Balaban J connectivity index is 1.64. The number of carbonyl (C=O) groups is 2. The Morgan fingerprint density at radius 1 is 1.11 bits per heavy atom. The number of carbonyl (C=O) groups excluding carboxylic acids is 2. The number of hydrogen-bond acceptors (Lipinski definition) is 4. The molecular formula is C20H27N5O2S. The summed E-state index contributed by atoms with van der Waals surface area (Å²) in [6.45, 7) is 8.74. The van der Waals surface area contributed by atoms with Crippen molar-refractivity contribution in [3.05, 3.63) is 47.0 Å². The molecule has 2 heterocycles. The minimum absolute atomic E-state index is 0.00980. The van der Waals surface area contributed by atoms with Gasteiger partial charge in [-0.25, -0.2) is 0 Å². The van der Waals surface area contributed by atoms with Gasteiger partial charge in [0.25, 0.3) is 5.91 Å². The van der Waals surface area contributed by atoms with Gasteiger partial charge in [-0.15, -0.1) is 0 Å². The third-order valence-electron chi connectivity index (χ3n) is 4.55. The Labute approximate surface area is 170 Å². The van der Waals surface area contributed by atoms with Crippen molar-refractivity contribution in [2.75, 3.05) is 32.7 Å². The van der Waals surface area contributed by atoms with Crippen molar-refractivity contribution in [2.45, 2.75) is 26.3 Å². The van der Waals surface area contributed by atoms with Crippen LogP contribution in [-0.2, 0) is 4.79 Å². The van der Waals surface area contributed by atoms with Gasteiger partial charge in [0, 0.05) is 43.6 Å². The van der Waals surface area contributed by atoms with Crippen LogP contribution in [0, 0.1) is 4.77 Å². The summed E-state index contributed by atoms with van der Waals surface area (Å²) in [6.07, 6.45) is 1.67. The van der Waals surface area contributed by atoms with E-state index < -0.39 is 0 Å². The van der Waals surface area contributed by atoms with Crippen molar-refractivity contribution in [1.82, 2.24) is 24.7 Å². The van der Waals surface area contributed by atoms with Crippen LogP contribution in [0.5, 0.6) is 0 Å². The van der Waals surface area contributed by atoms with Gasteiger partial charge >= 0.3 is 0 Å². The van der Waals surface area contributed by atoms with Gasteiger partial charge < -0.3 is 15.2 Å². The molecule has 0 saturated carbocycles. The van der Waals surface area contributed by atoms with Crippen molar-refractivity contribution >= 4 is 24.0 Å². The zero-order valence-electron chi connectivity index (χ0n) is 16.6. The van der Waals surface area contributed by atoms with Gasteiger partial charge in [-0.1, -0.05) is 18.2 Å². The largest absolute Gasteiger partial charge is 0.350 e. The molecule has 0 spiro atoms. The number of aromatic nitrogens is 2. The van der Waals surface area contributed by atoms with E-state index in [9.17, 15) is 9.59 Å². The van der Waals surface area contributed by atoms with Gasteiger partial charge in [0.05, 0.1) is 6.54 Å². The van der Waals surface area contributed by atoms with E-state index in [4.69, 9.17) is 12.2 Å². The lowest BCUT2D eigenvalue weighted by Crippen LogP contribution is -2.53. The lowest BCUT2D eigenvalue weighted by atomic mass is 10.1. The van der Waals surface area contributed by atoms with Gasteiger partial charge in [-0.3, -0.25) is 19.1 Å². The number of nitrogens with zero attached hydrogens (tertiary/aromatic N) is 3. The predicted molar refractivity (Wildman–Crippen MR) is 111 cm³/mol. The standard InChI is InChI=1S/C20H27N5O2S/c1-20(2,3)22-17(26)14-23-9-11-24(12-10-23)18(27)16-13-21-19(28)25(16)15-7-5-4-6-8-15/h4-8,13H,9-12,14H2,1-3H3,(H,21,28)(H,22,26). The average Bonchev–Trinajstić information content (AvgIpc) is 3.02. The molecule has 7 nitrogen and oxygen atoms in total. The normalized spacial score (nSPS) is 15.5. The van der Waals surface area contributed by atoms with Gasteiger partial charge in [-0.2, -0.15) is 0 Å². The number of benzene rings is 1. The molecular weight excluding hydrogens is 374 g/mol. The highest BCUT2D eigenvalue weighted by molar-refractivity contribution is 7.71. The highest BCUT2D eigenvalue weighted by Gasteiger charge is 2.26. The molecule has 0 aliphatic carbocycles. The molecule has 8 heteroatoms. The second kappa shape index (κ2) is 8.28. The fourth-order valence-corrected chi connectivity index (χ4v) is 3.55. The van der Waals surface area contributed by atoms with E-state index in [0.717, 1.165) is 5.69 Å². The van der Waals surface area contributed by atoms with Crippen molar-refractivity contribution in [3.8, 4) is 5.69 Å². The summed E-state index contributed by atoms with van der Waals surface area (Å²) in [5, 5.41) is 2.97. The molecule has 150 valence electrons. The Kier molecular flexibility index (Phi) is 6.00. The molecule has 2 N–H and O–H groups in total. The predicted octanol–water partition coefficient (Wildman–Crippen LogP) is 2.21. The maximum atomic E-state index is 13.1. The molecule has 28 heavy (non-hydrogen) atoms. The highest BCUT2D eigenvalue weighted by atomic mass is 32.1. The molecule has 0 radical (unpaired) electrons. The molecule has 0 unspecified atom stereocenters. The van der Waals surface area contributed by atoms with Crippen LogP contribution in [0.15, 0.2) is 36.5 Å². The first kappa shape index (κ1) is 20.3. The summed E-state index contributed by atoms with van der Waals surface area (Å²) >= 11 is 5.37. The van der Waals surface area contributed by atoms with E-state index in [-0.39, 0.29) is 17.4 Å². The quantitative estimate of drug-likeness (QED) is 0.771. The van der Waals surface area contributed by atoms with Gasteiger partial charge in [0.1, 0.15) is 5.69 Å². The molecule has 1 fully saturated rings. The maximum Gasteiger partial charge on any atom is 0.272 e. The smallest absolute Gasteiger partial charge is 0.272 e. The summed E-state index contributed by atoms with van der Waals surface area (Å²) in [5.74, 6) is -0.0504. The number of nitrogens with one attached hydrogen (secondary N) is 2. The number of aromatic amines is 1. The first-order valence-electron chi connectivity index (χ1n) is 9.43.